The van der Waals surface area contributed by atoms with Gasteiger partial charge in [0.25, 0.3) is 5.91 Å². The Morgan fingerprint density at radius 1 is 1.33 bits per heavy atom. The maximum Gasteiger partial charge on any atom is 0.256 e. The normalized spacial score (nSPS) is 19.1. The summed E-state index contributed by atoms with van der Waals surface area (Å²) in [5, 5.41) is 2.85. The lowest BCUT2D eigenvalue weighted by Gasteiger charge is -2.30. The van der Waals surface area contributed by atoms with E-state index in [1.807, 2.05) is 24.3 Å². The van der Waals surface area contributed by atoms with E-state index in [0.29, 0.717) is 6.61 Å². The molecule has 0 radical (unpaired) electrons. The molecular formula is C19H30N2O3. The number of hydrogen-bond acceptors (Lipinski definition) is 4. The number of likely N-dealkylation sites (tertiary alicyclic amines) is 1. The van der Waals surface area contributed by atoms with Gasteiger partial charge in [0.1, 0.15) is 18.0 Å². The number of nitrogens with zero attached hydrogens (tertiary/aromatic N) is 1. The van der Waals surface area contributed by atoms with Crippen molar-refractivity contribution in [3.05, 3.63) is 24.3 Å². The first-order valence-corrected chi connectivity index (χ1v) is 8.72. The third-order valence-electron chi connectivity index (χ3n) is 4.59. The summed E-state index contributed by atoms with van der Waals surface area (Å²) in [6, 6.07) is 7.46. The highest BCUT2D eigenvalue weighted by molar-refractivity contribution is 5.96. The number of methoxy groups -OCH3 is 1. The van der Waals surface area contributed by atoms with Gasteiger partial charge in [-0.25, -0.2) is 0 Å². The van der Waals surface area contributed by atoms with Crippen LogP contribution in [-0.4, -0.2) is 49.8 Å². The number of nitrogens with one attached hydrogen (secondary N) is 1. The first kappa shape index (κ1) is 18.7. The minimum Gasteiger partial charge on any atom is -0.492 e. The van der Waals surface area contributed by atoms with Gasteiger partial charge in [0.15, 0.2) is 0 Å². The van der Waals surface area contributed by atoms with Crippen LogP contribution in [0.5, 0.6) is 5.75 Å². The summed E-state index contributed by atoms with van der Waals surface area (Å²) in [7, 11) is 1.53. The molecule has 24 heavy (non-hydrogen) atoms. The number of carbonyl (C=O) groups is 1. The lowest BCUT2D eigenvalue weighted by atomic mass is 10.0. The molecule has 0 bridgehead atoms. The van der Waals surface area contributed by atoms with Crippen LogP contribution in [0.2, 0.25) is 0 Å². The highest BCUT2D eigenvalue weighted by Gasteiger charge is 2.26. The summed E-state index contributed by atoms with van der Waals surface area (Å²) in [6.07, 6.45) is 2.62. The van der Waals surface area contributed by atoms with Crippen LogP contribution >= 0.6 is 0 Å². The van der Waals surface area contributed by atoms with Crippen LogP contribution in [0.15, 0.2) is 24.3 Å². The molecule has 0 aromatic heterocycles. The first-order valence-electron chi connectivity index (χ1n) is 8.72. The fourth-order valence-electron chi connectivity index (χ4n) is 2.79. The molecule has 134 valence electrons. The van der Waals surface area contributed by atoms with Crippen molar-refractivity contribution in [3.63, 3.8) is 0 Å². The maximum atomic E-state index is 12.1. The van der Waals surface area contributed by atoms with E-state index in [4.69, 9.17) is 9.47 Å². The zero-order valence-electron chi connectivity index (χ0n) is 15.3. The topological polar surface area (TPSA) is 50.8 Å². The Labute approximate surface area is 145 Å². The van der Waals surface area contributed by atoms with Crippen molar-refractivity contribution in [2.24, 2.45) is 5.92 Å². The summed E-state index contributed by atoms with van der Waals surface area (Å²) in [5.41, 5.74) is -0.108. The van der Waals surface area contributed by atoms with Crippen molar-refractivity contribution in [3.8, 4) is 5.75 Å². The van der Waals surface area contributed by atoms with Crippen LogP contribution in [0.3, 0.4) is 0 Å². The van der Waals surface area contributed by atoms with Crippen molar-refractivity contribution in [2.45, 2.75) is 39.2 Å². The van der Waals surface area contributed by atoms with Gasteiger partial charge in [0.05, 0.1) is 0 Å². The second kappa shape index (κ2) is 8.49. The van der Waals surface area contributed by atoms with Crippen molar-refractivity contribution in [1.29, 1.82) is 0 Å². The van der Waals surface area contributed by atoms with Gasteiger partial charge in [-0.1, -0.05) is 6.92 Å². The summed E-state index contributed by atoms with van der Waals surface area (Å²) < 4.78 is 11.0. The quantitative estimate of drug-likeness (QED) is 0.832. The van der Waals surface area contributed by atoms with Crippen LogP contribution in [0.25, 0.3) is 0 Å². The predicted octanol–water partition coefficient (Wildman–Crippen LogP) is 3.16. The Morgan fingerprint density at radius 3 is 2.67 bits per heavy atom. The molecule has 0 spiro atoms. The van der Waals surface area contributed by atoms with E-state index in [-0.39, 0.29) is 5.91 Å². The number of piperidine rings is 1. The Kier molecular flexibility index (Phi) is 6.63. The monoisotopic (exact) mass is 334 g/mol. The lowest BCUT2D eigenvalue weighted by molar-refractivity contribution is -0.133. The number of benzene rings is 1. The smallest absolute Gasteiger partial charge is 0.256 e. The SMILES string of the molecule is COC(C)(C)C(=O)Nc1ccc(OCCN2CCCC(C)C2)cc1. The van der Waals surface area contributed by atoms with Crippen molar-refractivity contribution in [2.75, 3.05) is 38.7 Å². The van der Waals surface area contributed by atoms with E-state index in [9.17, 15) is 4.79 Å². The molecule has 1 atom stereocenters. The average molecular weight is 334 g/mol. The molecule has 5 heteroatoms. The fraction of sp³-hybridized carbons (Fsp3) is 0.632. The molecule has 1 saturated heterocycles. The summed E-state index contributed by atoms with van der Waals surface area (Å²) in [4.78, 5) is 14.5. The van der Waals surface area contributed by atoms with Crippen molar-refractivity contribution >= 4 is 11.6 Å². The van der Waals surface area contributed by atoms with Gasteiger partial charge >= 0.3 is 0 Å². The summed E-state index contributed by atoms with van der Waals surface area (Å²) in [5.74, 6) is 1.44. The second-order valence-corrected chi connectivity index (χ2v) is 7.09. The Hall–Kier alpha value is -1.59. The Bertz CT molecular complexity index is 528. The third-order valence-corrected chi connectivity index (χ3v) is 4.59. The van der Waals surface area contributed by atoms with E-state index in [0.717, 1.165) is 23.9 Å². The van der Waals surface area contributed by atoms with Gasteiger partial charge in [-0.2, -0.15) is 0 Å². The van der Waals surface area contributed by atoms with E-state index < -0.39 is 5.60 Å². The standard InChI is InChI=1S/C19H30N2O3/c1-15-6-5-11-21(14-15)12-13-24-17-9-7-16(8-10-17)20-18(22)19(2,3)23-4/h7-10,15H,5-6,11-14H2,1-4H3,(H,20,22). The number of ether oxygens (including phenoxy) is 2. The molecule has 2 rings (SSSR count). The van der Waals surface area contributed by atoms with Gasteiger partial charge in [-0.3, -0.25) is 9.69 Å². The molecule has 1 aliphatic rings. The minimum absolute atomic E-state index is 0.169. The van der Waals surface area contributed by atoms with Crippen LogP contribution < -0.4 is 10.1 Å². The molecule has 0 saturated carbocycles. The second-order valence-electron chi connectivity index (χ2n) is 7.09. The van der Waals surface area contributed by atoms with Crippen molar-refractivity contribution < 1.29 is 14.3 Å². The third kappa shape index (κ3) is 5.49. The molecule has 0 aliphatic carbocycles. The zero-order valence-corrected chi connectivity index (χ0v) is 15.3. The van der Waals surface area contributed by atoms with Crippen LogP contribution in [0, 0.1) is 5.92 Å². The van der Waals surface area contributed by atoms with E-state index in [2.05, 4.69) is 17.1 Å². The number of anilines is 1. The van der Waals surface area contributed by atoms with Crippen LogP contribution in [0.1, 0.15) is 33.6 Å². The first-order chi connectivity index (χ1) is 11.4. The fourth-order valence-corrected chi connectivity index (χ4v) is 2.79. The predicted molar refractivity (Wildman–Crippen MR) is 96.5 cm³/mol. The van der Waals surface area contributed by atoms with Gasteiger partial charge in [-0.15, -0.1) is 0 Å². The zero-order chi connectivity index (χ0) is 17.6. The number of amides is 1. The van der Waals surface area contributed by atoms with Gasteiger partial charge in [-0.05, 0) is 63.4 Å². The molecular weight excluding hydrogens is 304 g/mol. The molecule has 1 unspecified atom stereocenters. The molecule has 1 amide bonds. The number of carbonyl (C=O) groups excluding carboxylic acids is 1. The van der Waals surface area contributed by atoms with E-state index in [1.165, 1.54) is 33.0 Å². The maximum absolute atomic E-state index is 12.1. The number of hydrogen-bond donors (Lipinski definition) is 1. The molecule has 1 heterocycles. The van der Waals surface area contributed by atoms with E-state index >= 15 is 0 Å². The molecule has 5 nitrogen and oxygen atoms in total. The van der Waals surface area contributed by atoms with Crippen LogP contribution in [-0.2, 0) is 9.53 Å². The summed E-state index contributed by atoms with van der Waals surface area (Å²) in [6.45, 7) is 9.78. The molecule has 1 aromatic rings. The number of rotatable bonds is 7. The van der Waals surface area contributed by atoms with Gasteiger partial charge in [0, 0.05) is 25.9 Å². The Morgan fingerprint density at radius 2 is 2.04 bits per heavy atom. The van der Waals surface area contributed by atoms with Gasteiger partial charge < -0.3 is 14.8 Å². The lowest BCUT2D eigenvalue weighted by Crippen LogP contribution is -2.38. The Balaban J connectivity index is 1.76. The molecule has 1 aliphatic heterocycles. The van der Waals surface area contributed by atoms with Gasteiger partial charge in [0.2, 0.25) is 0 Å². The largest absolute Gasteiger partial charge is 0.492 e. The molecule has 1 N–H and O–H groups in total. The molecule has 1 fully saturated rings. The van der Waals surface area contributed by atoms with Crippen LogP contribution in [0.4, 0.5) is 5.69 Å². The summed E-state index contributed by atoms with van der Waals surface area (Å²) >= 11 is 0. The average Bonchev–Trinajstić information content (AvgIpc) is 2.56. The van der Waals surface area contributed by atoms with Crippen molar-refractivity contribution in [1.82, 2.24) is 4.90 Å². The highest BCUT2D eigenvalue weighted by atomic mass is 16.5. The highest BCUT2D eigenvalue weighted by Crippen LogP contribution is 2.19. The minimum atomic E-state index is -0.846. The molecule has 1 aromatic carbocycles. The van der Waals surface area contributed by atoms with E-state index in [1.54, 1.807) is 13.8 Å².